The van der Waals surface area contributed by atoms with Crippen LogP contribution in [-0.4, -0.2) is 35.3 Å². The van der Waals surface area contributed by atoms with Crippen molar-refractivity contribution < 1.29 is 19.4 Å². The molecule has 7 nitrogen and oxygen atoms in total. The molecule has 0 saturated heterocycles. The number of fused-ring (bicyclic) bond motifs is 1. The van der Waals surface area contributed by atoms with Crippen LogP contribution in [0.25, 0.3) is 10.9 Å². The molecule has 0 bridgehead atoms. The molecule has 122 valence electrons. The molecule has 0 aliphatic heterocycles. The number of nitrogens with zero attached hydrogens (tertiary/aromatic N) is 2. The number of aromatic carboxylic acids is 1. The smallest absolute Gasteiger partial charge is 0.335 e. The molecule has 0 aliphatic carbocycles. The first kappa shape index (κ1) is 15.5. The number of ether oxygens (including phenoxy) is 2. The van der Waals surface area contributed by atoms with E-state index in [1.165, 1.54) is 18.5 Å². The third-order valence-corrected chi connectivity index (χ3v) is 3.54. The second-order valence-electron chi connectivity index (χ2n) is 4.95. The summed E-state index contributed by atoms with van der Waals surface area (Å²) in [5.41, 5.74) is 1.64. The standard InChI is InChI=1S/C17H15N3O4/c1-23-14-7-12-13(8-15(14)24-2)18-9-19-16(12)20-11-5-3-10(4-6-11)17(21)22/h3-9H,1-2H3,(H,21,22)(H,18,19,20). The summed E-state index contributed by atoms with van der Waals surface area (Å²) in [6.45, 7) is 0. The minimum absolute atomic E-state index is 0.222. The summed E-state index contributed by atoms with van der Waals surface area (Å²) in [6.07, 6.45) is 1.45. The molecule has 24 heavy (non-hydrogen) atoms. The molecule has 0 atom stereocenters. The molecule has 0 fully saturated rings. The summed E-state index contributed by atoms with van der Waals surface area (Å²) >= 11 is 0. The van der Waals surface area contributed by atoms with Gasteiger partial charge in [0.2, 0.25) is 0 Å². The molecule has 0 spiro atoms. The summed E-state index contributed by atoms with van der Waals surface area (Å²) in [4.78, 5) is 19.4. The van der Waals surface area contributed by atoms with Crippen LogP contribution < -0.4 is 14.8 Å². The number of aromatic nitrogens is 2. The average molecular weight is 325 g/mol. The third-order valence-electron chi connectivity index (χ3n) is 3.54. The van der Waals surface area contributed by atoms with E-state index in [0.29, 0.717) is 22.8 Å². The van der Waals surface area contributed by atoms with E-state index in [9.17, 15) is 4.79 Å². The Hall–Kier alpha value is -3.35. The van der Waals surface area contributed by atoms with Crippen molar-refractivity contribution in [2.45, 2.75) is 0 Å². The Bertz CT molecular complexity index is 894. The molecule has 0 amide bonds. The van der Waals surface area contributed by atoms with Crippen LogP contribution in [0, 0.1) is 0 Å². The van der Waals surface area contributed by atoms with Gasteiger partial charge in [-0.25, -0.2) is 14.8 Å². The zero-order valence-corrected chi connectivity index (χ0v) is 13.1. The van der Waals surface area contributed by atoms with Gasteiger partial charge in [-0.05, 0) is 30.3 Å². The van der Waals surface area contributed by atoms with Crippen LogP contribution in [0.5, 0.6) is 11.5 Å². The molecule has 0 aliphatic rings. The Morgan fingerprint density at radius 3 is 2.33 bits per heavy atom. The lowest BCUT2D eigenvalue weighted by atomic mass is 10.2. The topological polar surface area (TPSA) is 93.6 Å². The second kappa shape index (κ2) is 6.41. The van der Waals surface area contributed by atoms with Crippen molar-refractivity contribution in [3.63, 3.8) is 0 Å². The second-order valence-corrected chi connectivity index (χ2v) is 4.95. The summed E-state index contributed by atoms with van der Waals surface area (Å²) in [6, 6.07) is 9.97. The first-order valence-electron chi connectivity index (χ1n) is 7.09. The van der Waals surface area contributed by atoms with Crippen molar-refractivity contribution in [1.82, 2.24) is 9.97 Å². The fourth-order valence-corrected chi connectivity index (χ4v) is 2.32. The Kier molecular flexibility index (Phi) is 4.15. The summed E-state index contributed by atoms with van der Waals surface area (Å²) < 4.78 is 10.6. The quantitative estimate of drug-likeness (QED) is 0.744. The van der Waals surface area contributed by atoms with Crippen LogP contribution in [0.15, 0.2) is 42.7 Å². The van der Waals surface area contributed by atoms with Crippen LogP contribution in [0.4, 0.5) is 11.5 Å². The van der Waals surface area contributed by atoms with Gasteiger partial charge in [0.05, 0.1) is 25.3 Å². The lowest BCUT2D eigenvalue weighted by Gasteiger charge is -2.12. The van der Waals surface area contributed by atoms with Crippen LogP contribution in [0.3, 0.4) is 0 Å². The van der Waals surface area contributed by atoms with Gasteiger partial charge in [-0.1, -0.05) is 0 Å². The summed E-state index contributed by atoms with van der Waals surface area (Å²) in [7, 11) is 3.12. The van der Waals surface area contributed by atoms with E-state index < -0.39 is 5.97 Å². The van der Waals surface area contributed by atoms with Crippen molar-refractivity contribution in [2.24, 2.45) is 0 Å². The van der Waals surface area contributed by atoms with Gasteiger partial charge in [0.15, 0.2) is 11.5 Å². The minimum atomic E-state index is -0.967. The Labute approximate surface area is 137 Å². The number of nitrogens with one attached hydrogen (secondary N) is 1. The molecular weight excluding hydrogens is 310 g/mol. The maximum absolute atomic E-state index is 10.9. The van der Waals surface area contributed by atoms with Gasteiger partial charge in [-0.2, -0.15) is 0 Å². The monoisotopic (exact) mass is 325 g/mol. The highest BCUT2D eigenvalue weighted by Gasteiger charge is 2.11. The zero-order valence-electron chi connectivity index (χ0n) is 13.1. The van der Waals surface area contributed by atoms with E-state index >= 15 is 0 Å². The number of hydrogen-bond donors (Lipinski definition) is 2. The number of benzene rings is 2. The van der Waals surface area contributed by atoms with Crippen molar-refractivity contribution in [3.05, 3.63) is 48.3 Å². The SMILES string of the molecule is COc1cc2ncnc(Nc3ccc(C(=O)O)cc3)c2cc1OC. The first-order chi connectivity index (χ1) is 11.6. The molecule has 1 heterocycles. The van der Waals surface area contributed by atoms with Gasteiger partial charge >= 0.3 is 5.97 Å². The molecule has 3 rings (SSSR count). The molecule has 2 N–H and O–H groups in total. The van der Waals surface area contributed by atoms with Crippen molar-refractivity contribution in [1.29, 1.82) is 0 Å². The molecule has 2 aromatic carbocycles. The van der Waals surface area contributed by atoms with Crippen molar-refractivity contribution >= 4 is 28.4 Å². The molecule has 3 aromatic rings. The fraction of sp³-hybridized carbons (Fsp3) is 0.118. The number of rotatable bonds is 5. The summed E-state index contributed by atoms with van der Waals surface area (Å²) in [5, 5.41) is 12.9. The van der Waals surface area contributed by atoms with Crippen LogP contribution in [-0.2, 0) is 0 Å². The molecule has 0 unspecified atom stereocenters. The van der Waals surface area contributed by atoms with Crippen molar-refractivity contribution in [3.8, 4) is 11.5 Å². The number of carbonyl (C=O) groups is 1. The maximum atomic E-state index is 10.9. The first-order valence-corrected chi connectivity index (χ1v) is 7.09. The van der Waals surface area contributed by atoms with Gasteiger partial charge in [-0.3, -0.25) is 0 Å². The number of carboxylic acids is 1. The van der Waals surface area contributed by atoms with Crippen molar-refractivity contribution in [2.75, 3.05) is 19.5 Å². The van der Waals surface area contributed by atoms with E-state index in [4.69, 9.17) is 14.6 Å². The molecule has 0 radical (unpaired) electrons. The Morgan fingerprint density at radius 2 is 1.71 bits per heavy atom. The fourth-order valence-electron chi connectivity index (χ4n) is 2.32. The van der Waals surface area contributed by atoms with Crippen LogP contribution >= 0.6 is 0 Å². The van der Waals surface area contributed by atoms with E-state index in [-0.39, 0.29) is 5.56 Å². The van der Waals surface area contributed by atoms with Gasteiger partial charge in [0.25, 0.3) is 0 Å². The van der Waals surface area contributed by atoms with E-state index in [0.717, 1.165) is 11.1 Å². The highest BCUT2D eigenvalue weighted by Crippen LogP contribution is 2.34. The third kappa shape index (κ3) is 2.91. The van der Waals surface area contributed by atoms with Gasteiger partial charge < -0.3 is 19.9 Å². The van der Waals surface area contributed by atoms with Gasteiger partial charge in [0.1, 0.15) is 12.1 Å². The predicted molar refractivity (Wildman–Crippen MR) is 89.3 cm³/mol. The van der Waals surface area contributed by atoms with Gasteiger partial charge in [-0.15, -0.1) is 0 Å². The Morgan fingerprint density at radius 1 is 1.04 bits per heavy atom. The highest BCUT2D eigenvalue weighted by atomic mass is 16.5. The average Bonchev–Trinajstić information content (AvgIpc) is 2.61. The lowest BCUT2D eigenvalue weighted by molar-refractivity contribution is 0.0697. The molecule has 0 saturated carbocycles. The molecule has 1 aromatic heterocycles. The number of methoxy groups -OCH3 is 2. The minimum Gasteiger partial charge on any atom is -0.493 e. The zero-order chi connectivity index (χ0) is 17.1. The van der Waals surface area contributed by atoms with E-state index in [2.05, 4.69) is 15.3 Å². The highest BCUT2D eigenvalue weighted by molar-refractivity contribution is 5.93. The maximum Gasteiger partial charge on any atom is 0.335 e. The van der Waals surface area contributed by atoms with Crippen LogP contribution in [0.2, 0.25) is 0 Å². The van der Waals surface area contributed by atoms with Crippen LogP contribution in [0.1, 0.15) is 10.4 Å². The lowest BCUT2D eigenvalue weighted by Crippen LogP contribution is -1.99. The largest absolute Gasteiger partial charge is 0.493 e. The van der Waals surface area contributed by atoms with Gasteiger partial charge in [0, 0.05) is 17.1 Å². The summed E-state index contributed by atoms with van der Waals surface area (Å²) in [5.74, 6) is 0.777. The number of carboxylic acid groups (broad SMARTS) is 1. The van der Waals surface area contributed by atoms with E-state index in [1.807, 2.05) is 0 Å². The predicted octanol–water partition coefficient (Wildman–Crippen LogP) is 3.09. The normalized spacial score (nSPS) is 10.4. The molecule has 7 heteroatoms. The number of anilines is 2. The Balaban J connectivity index is 2.01. The molecular formula is C17H15N3O4. The number of hydrogen-bond acceptors (Lipinski definition) is 6. The van der Waals surface area contributed by atoms with E-state index in [1.54, 1.807) is 38.5 Å².